The lowest BCUT2D eigenvalue weighted by Crippen LogP contribution is -2.10. The Morgan fingerprint density at radius 2 is 1.95 bits per heavy atom. The average molecular weight is 289 g/mol. The van der Waals surface area contributed by atoms with Crippen LogP contribution in [0, 0.1) is 0 Å². The highest BCUT2D eigenvalue weighted by molar-refractivity contribution is 6.30. The van der Waals surface area contributed by atoms with Crippen molar-refractivity contribution in [3.05, 3.63) is 58.6 Å². The van der Waals surface area contributed by atoms with Gasteiger partial charge in [-0.25, -0.2) is 0 Å². The minimum atomic E-state index is 0.0777. The van der Waals surface area contributed by atoms with Gasteiger partial charge in [-0.3, -0.25) is 0 Å². The van der Waals surface area contributed by atoms with E-state index < -0.39 is 0 Å². The topological polar surface area (TPSA) is 47.3 Å². The van der Waals surface area contributed by atoms with Gasteiger partial charge in [0.25, 0.3) is 0 Å². The van der Waals surface area contributed by atoms with E-state index in [-0.39, 0.29) is 12.1 Å². The molecule has 2 aromatic rings. The molecule has 0 bridgehead atoms. The van der Waals surface area contributed by atoms with Crippen LogP contribution in [0.25, 0.3) is 0 Å². The highest BCUT2D eigenvalue weighted by atomic mass is 35.5. The van der Waals surface area contributed by atoms with Gasteiger partial charge in [0.05, 0.1) is 18.8 Å². The Kier molecular flexibility index (Phi) is 3.55. The quantitative estimate of drug-likeness (QED) is 0.900. The Morgan fingerprint density at radius 3 is 2.70 bits per heavy atom. The Bertz CT molecular complexity index is 630. The van der Waals surface area contributed by atoms with E-state index in [2.05, 4.69) is 17.4 Å². The summed E-state index contributed by atoms with van der Waals surface area (Å²) in [5, 5.41) is 4.18. The number of ether oxygens (including phenoxy) is 1. The van der Waals surface area contributed by atoms with E-state index in [1.165, 1.54) is 11.1 Å². The van der Waals surface area contributed by atoms with Crippen LogP contribution in [-0.4, -0.2) is 7.11 Å². The van der Waals surface area contributed by atoms with Crippen LogP contribution in [0.4, 0.5) is 5.69 Å². The van der Waals surface area contributed by atoms with Gasteiger partial charge in [-0.05, 0) is 35.7 Å². The maximum absolute atomic E-state index is 6.19. The van der Waals surface area contributed by atoms with Crippen molar-refractivity contribution in [3.8, 4) is 5.75 Å². The smallest absolute Gasteiger partial charge is 0.142 e. The van der Waals surface area contributed by atoms with Gasteiger partial charge in [0, 0.05) is 11.1 Å². The molecule has 3 rings (SSSR count). The Hall–Kier alpha value is -1.71. The zero-order valence-corrected chi connectivity index (χ0v) is 12.0. The molecule has 0 fully saturated rings. The number of nitrogens with one attached hydrogen (secondary N) is 1. The molecule has 1 aliphatic carbocycles. The number of hydrogen-bond acceptors (Lipinski definition) is 3. The second kappa shape index (κ2) is 5.35. The summed E-state index contributed by atoms with van der Waals surface area (Å²) >= 11 is 6.07. The van der Waals surface area contributed by atoms with Crippen LogP contribution >= 0.6 is 11.6 Å². The molecule has 0 radical (unpaired) electrons. The van der Waals surface area contributed by atoms with Crippen molar-refractivity contribution in [3.63, 3.8) is 0 Å². The molecule has 0 spiro atoms. The summed E-state index contributed by atoms with van der Waals surface area (Å²) in [6.07, 6.45) is 0.870. The van der Waals surface area contributed by atoms with Crippen molar-refractivity contribution in [1.29, 1.82) is 0 Å². The van der Waals surface area contributed by atoms with Gasteiger partial charge >= 0.3 is 0 Å². The number of nitrogens with two attached hydrogens (primary N) is 1. The fraction of sp³-hybridized carbons (Fsp3) is 0.250. The van der Waals surface area contributed by atoms with Crippen molar-refractivity contribution in [1.82, 2.24) is 0 Å². The zero-order valence-electron chi connectivity index (χ0n) is 11.3. The van der Waals surface area contributed by atoms with Crippen LogP contribution in [0.2, 0.25) is 5.02 Å². The molecule has 2 atom stereocenters. The SMILES string of the molecule is COc1ccc(Cl)cc1NC1CC(N)c2ccccc21. The number of anilines is 1. The highest BCUT2D eigenvalue weighted by Crippen LogP contribution is 2.41. The molecule has 0 amide bonds. The molecule has 20 heavy (non-hydrogen) atoms. The van der Waals surface area contributed by atoms with E-state index in [0.717, 1.165) is 17.9 Å². The predicted octanol–water partition coefficient (Wildman–Crippen LogP) is 3.91. The van der Waals surface area contributed by atoms with Gasteiger partial charge in [-0.2, -0.15) is 0 Å². The largest absolute Gasteiger partial charge is 0.495 e. The summed E-state index contributed by atoms with van der Waals surface area (Å²) in [5.74, 6) is 0.785. The summed E-state index contributed by atoms with van der Waals surface area (Å²) < 4.78 is 5.37. The molecule has 0 aromatic heterocycles. The third kappa shape index (κ3) is 2.35. The van der Waals surface area contributed by atoms with Gasteiger partial charge in [-0.1, -0.05) is 35.9 Å². The van der Waals surface area contributed by atoms with Crippen LogP contribution in [0.5, 0.6) is 5.75 Å². The summed E-state index contributed by atoms with van der Waals surface area (Å²) in [6, 6.07) is 14.1. The number of hydrogen-bond donors (Lipinski definition) is 2. The lowest BCUT2D eigenvalue weighted by molar-refractivity contribution is 0.416. The molecule has 104 valence electrons. The van der Waals surface area contributed by atoms with Crippen molar-refractivity contribution in [2.45, 2.75) is 18.5 Å². The summed E-state index contributed by atoms with van der Waals surface area (Å²) in [4.78, 5) is 0. The number of halogens is 1. The molecule has 0 saturated carbocycles. The summed E-state index contributed by atoms with van der Waals surface area (Å²) in [7, 11) is 1.66. The van der Waals surface area contributed by atoms with Gasteiger partial charge in [0.1, 0.15) is 5.75 Å². The van der Waals surface area contributed by atoms with Crippen molar-refractivity contribution in [2.24, 2.45) is 5.73 Å². The molecule has 2 aromatic carbocycles. The normalized spacial score (nSPS) is 20.6. The Morgan fingerprint density at radius 1 is 1.20 bits per heavy atom. The molecule has 0 aliphatic heterocycles. The molecular weight excluding hydrogens is 272 g/mol. The number of benzene rings is 2. The van der Waals surface area contributed by atoms with E-state index in [1.807, 2.05) is 30.3 Å². The molecular formula is C16H17ClN2O. The molecule has 2 unspecified atom stereocenters. The van der Waals surface area contributed by atoms with E-state index in [1.54, 1.807) is 7.11 Å². The van der Waals surface area contributed by atoms with Gasteiger partial charge < -0.3 is 15.8 Å². The minimum absolute atomic E-state index is 0.0777. The third-order valence-electron chi connectivity index (χ3n) is 3.75. The summed E-state index contributed by atoms with van der Waals surface area (Å²) in [6.45, 7) is 0. The molecule has 3 nitrogen and oxygen atoms in total. The fourth-order valence-electron chi connectivity index (χ4n) is 2.79. The lowest BCUT2D eigenvalue weighted by atomic mass is 10.1. The molecule has 4 heteroatoms. The first kappa shape index (κ1) is 13.3. The maximum Gasteiger partial charge on any atom is 0.142 e. The van der Waals surface area contributed by atoms with Crippen LogP contribution in [0.3, 0.4) is 0 Å². The van der Waals surface area contributed by atoms with Crippen LogP contribution in [0.1, 0.15) is 29.6 Å². The number of rotatable bonds is 3. The van der Waals surface area contributed by atoms with Crippen LogP contribution in [0.15, 0.2) is 42.5 Å². The first-order chi connectivity index (χ1) is 9.69. The first-order valence-electron chi connectivity index (χ1n) is 6.63. The second-order valence-electron chi connectivity index (χ2n) is 5.01. The zero-order chi connectivity index (χ0) is 14.1. The first-order valence-corrected chi connectivity index (χ1v) is 7.01. The van der Waals surface area contributed by atoms with Crippen molar-refractivity contribution in [2.75, 3.05) is 12.4 Å². The lowest BCUT2D eigenvalue weighted by Gasteiger charge is -2.18. The van der Waals surface area contributed by atoms with E-state index in [0.29, 0.717) is 5.02 Å². The van der Waals surface area contributed by atoms with Gasteiger partial charge in [-0.15, -0.1) is 0 Å². The number of methoxy groups -OCH3 is 1. The third-order valence-corrected chi connectivity index (χ3v) is 3.99. The molecule has 0 saturated heterocycles. The second-order valence-corrected chi connectivity index (χ2v) is 5.45. The molecule has 1 aliphatic rings. The van der Waals surface area contributed by atoms with Crippen molar-refractivity contribution >= 4 is 17.3 Å². The van der Waals surface area contributed by atoms with E-state index >= 15 is 0 Å². The number of fused-ring (bicyclic) bond motifs is 1. The van der Waals surface area contributed by atoms with Crippen molar-refractivity contribution < 1.29 is 4.74 Å². The van der Waals surface area contributed by atoms with E-state index in [9.17, 15) is 0 Å². The van der Waals surface area contributed by atoms with Crippen LogP contribution < -0.4 is 15.8 Å². The minimum Gasteiger partial charge on any atom is -0.495 e. The van der Waals surface area contributed by atoms with Gasteiger partial charge in [0.15, 0.2) is 0 Å². The Labute approximate surface area is 123 Å². The molecule has 3 N–H and O–H groups in total. The Balaban J connectivity index is 1.92. The average Bonchev–Trinajstić information content (AvgIpc) is 2.76. The van der Waals surface area contributed by atoms with Crippen LogP contribution in [-0.2, 0) is 0 Å². The monoisotopic (exact) mass is 288 g/mol. The molecule has 0 heterocycles. The highest BCUT2D eigenvalue weighted by Gasteiger charge is 2.28. The predicted molar refractivity (Wildman–Crippen MR) is 82.4 cm³/mol. The summed E-state index contributed by atoms with van der Waals surface area (Å²) in [5.41, 5.74) is 9.56. The maximum atomic E-state index is 6.19. The van der Waals surface area contributed by atoms with E-state index in [4.69, 9.17) is 22.1 Å². The standard InChI is InChI=1S/C16H17ClN2O/c1-20-16-7-6-10(17)8-15(16)19-14-9-13(18)11-4-2-3-5-12(11)14/h2-8,13-14,19H,9,18H2,1H3. The van der Waals surface area contributed by atoms with Gasteiger partial charge in [0.2, 0.25) is 0 Å². The fourth-order valence-corrected chi connectivity index (χ4v) is 2.96.